The molecule has 1 aliphatic heterocycles. The van der Waals surface area contributed by atoms with Crippen molar-refractivity contribution in [1.82, 2.24) is 4.90 Å². The normalized spacial score (nSPS) is 19.9. The lowest BCUT2D eigenvalue weighted by Gasteiger charge is -2.18. The summed E-state index contributed by atoms with van der Waals surface area (Å²) in [6.45, 7) is 5.24. The predicted octanol–water partition coefficient (Wildman–Crippen LogP) is 3.03. The second-order valence-corrected chi connectivity index (χ2v) is 6.46. The molecule has 0 saturated carbocycles. The molecule has 1 aliphatic rings. The van der Waals surface area contributed by atoms with Crippen LogP contribution in [0.1, 0.15) is 20.3 Å². The van der Waals surface area contributed by atoms with Gasteiger partial charge in [0.25, 0.3) is 0 Å². The highest BCUT2D eigenvalue weighted by atomic mass is 32.2. The number of thioether (sulfide) groups is 1. The molecule has 110 valence electrons. The van der Waals surface area contributed by atoms with Crippen molar-refractivity contribution in [2.45, 2.75) is 31.3 Å². The van der Waals surface area contributed by atoms with Gasteiger partial charge >= 0.3 is 6.03 Å². The first kappa shape index (κ1) is 15.2. The number of hydrogen-bond acceptors (Lipinski definition) is 3. The molecule has 1 saturated heterocycles. The van der Waals surface area contributed by atoms with E-state index in [0.717, 1.165) is 22.8 Å². The number of anilines is 1. The quantitative estimate of drug-likeness (QED) is 0.839. The summed E-state index contributed by atoms with van der Waals surface area (Å²) < 4.78 is 0. The minimum absolute atomic E-state index is 0.0770. The average Bonchev–Trinajstić information content (AvgIpc) is 2.89. The van der Waals surface area contributed by atoms with E-state index in [0.29, 0.717) is 13.1 Å². The van der Waals surface area contributed by atoms with Crippen LogP contribution in [0.4, 0.5) is 10.5 Å². The van der Waals surface area contributed by atoms with Crippen molar-refractivity contribution in [2.24, 2.45) is 5.92 Å². The van der Waals surface area contributed by atoms with Gasteiger partial charge in [-0.25, -0.2) is 4.79 Å². The number of nitrogens with one attached hydrogen (secondary N) is 1. The highest BCUT2D eigenvalue weighted by Crippen LogP contribution is 2.23. The maximum atomic E-state index is 12.2. The maximum Gasteiger partial charge on any atom is 0.321 e. The molecule has 0 unspecified atom stereocenters. The molecule has 0 spiro atoms. The summed E-state index contributed by atoms with van der Waals surface area (Å²) in [5.74, 6) is 1.21. The monoisotopic (exact) mass is 294 g/mol. The zero-order valence-corrected chi connectivity index (χ0v) is 12.8. The Morgan fingerprint density at radius 1 is 1.60 bits per heavy atom. The number of carbonyl (C=O) groups excluding carboxylic acids is 1. The molecule has 20 heavy (non-hydrogen) atoms. The molecule has 4 nitrogen and oxygen atoms in total. The third kappa shape index (κ3) is 3.90. The number of likely N-dealkylation sites (tertiary alicyclic amines) is 1. The number of urea groups is 1. The first-order chi connectivity index (χ1) is 9.60. The van der Waals surface area contributed by atoms with Crippen LogP contribution < -0.4 is 5.32 Å². The van der Waals surface area contributed by atoms with Crippen LogP contribution in [0.25, 0.3) is 0 Å². The molecule has 1 aromatic rings. The Morgan fingerprint density at radius 2 is 2.40 bits per heavy atom. The number of hydrogen-bond donors (Lipinski definition) is 2. The van der Waals surface area contributed by atoms with Crippen molar-refractivity contribution in [3.05, 3.63) is 24.3 Å². The second kappa shape index (κ2) is 6.99. The van der Waals surface area contributed by atoms with Gasteiger partial charge in [-0.2, -0.15) is 0 Å². The zero-order valence-electron chi connectivity index (χ0n) is 12.0. The molecule has 0 aliphatic carbocycles. The molecule has 1 aromatic carbocycles. The van der Waals surface area contributed by atoms with Gasteiger partial charge in [-0.3, -0.25) is 0 Å². The van der Waals surface area contributed by atoms with Crippen LogP contribution in [-0.4, -0.2) is 41.0 Å². The van der Waals surface area contributed by atoms with Gasteiger partial charge in [-0.1, -0.05) is 13.0 Å². The van der Waals surface area contributed by atoms with E-state index < -0.39 is 0 Å². The average molecular weight is 294 g/mol. The van der Waals surface area contributed by atoms with Gasteiger partial charge in [-0.05, 0) is 37.3 Å². The van der Waals surface area contributed by atoms with Gasteiger partial charge in [0.2, 0.25) is 0 Å². The van der Waals surface area contributed by atoms with Crippen LogP contribution in [0.5, 0.6) is 0 Å². The van der Waals surface area contributed by atoms with E-state index >= 15 is 0 Å². The van der Waals surface area contributed by atoms with Crippen LogP contribution >= 0.6 is 11.8 Å². The van der Waals surface area contributed by atoms with Gasteiger partial charge in [0.15, 0.2) is 0 Å². The Kier molecular flexibility index (Phi) is 5.31. The second-order valence-electron chi connectivity index (χ2n) is 5.13. The standard InChI is InChI=1S/C15H22N2O2S/c1-3-20-14-6-4-5-13(9-14)16-15(19)17-8-7-12(10-17)11(2)18/h4-6,9,11-12,18H,3,7-8,10H2,1-2H3,(H,16,19)/t11-,12-/m0/s1. The molecule has 0 radical (unpaired) electrons. The molecular formula is C15H22N2O2S. The summed E-state index contributed by atoms with van der Waals surface area (Å²) in [4.78, 5) is 15.1. The lowest BCUT2D eigenvalue weighted by molar-refractivity contribution is 0.130. The van der Waals surface area contributed by atoms with Crippen LogP contribution in [0, 0.1) is 5.92 Å². The van der Waals surface area contributed by atoms with Crippen molar-refractivity contribution < 1.29 is 9.90 Å². The lowest BCUT2D eigenvalue weighted by Crippen LogP contribution is -2.34. The maximum absolute atomic E-state index is 12.2. The third-order valence-electron chi connectivity index (χ3n) is 3.59. The molecule has 2 amide bonds. The smallest absolute Gasteiger partial charge is 0.321 e. The first-order valence-electron chi connectivity index (χ1n) is 7.07. The van der Waals surface area contributed by atoms with Gasteiger partial charge < -0.3 is 15.3 Å². The highest BCUT2D eigenvalue weighted by molar-refractivity contribution is 7.99. The minimum atomic E-state index is -0.350. The molecule has 2 atom stereocenters. The van der Waals surface area contributed by atoms with E-state index in [1.165, 1.54) is 0 Å². The number of carbonyl (C=O) groups is 1. The van der Waals surface area contributed by atoms with Crippen LogP contribution in [0.3, 0.4) is 0 Å². The van der Waals surface area contributed by atoms with Crippen molar-refractivity contribution in [1.29, 1.82) is 0 Å². The Bertz CT molecular complexity index is 465. The van der Waals surface area contributed by atoms with Crippen LogP contribution in [-0.2, 0) is 0 Å². The molecule has 1 heterocycles. The SMILES string of the molecule is CCSc1cccc(NC(=O)N2CC[C@H]([C@H](C)O)C2)c1. The summed E-state index contributed by atoms with van der Waals surface area (Å²) in [6.07, 6.45) is 0.522. The number of rotatable bonds is 4. The summed E-state index contributed by atoms with van der Waals surface area (Å²) in [6, 6.07) is 7.82. The summed E-state index contributed by atoms with van der Waals surface area (Å²) >= 11 is 1.76. The molecule has 0 aromatic heterocycles. The van der Waals surface area contributed by atoms with E-state index in [1.54, 1.807) is 23.6 Å². The summed E-state index contributed by atoms with van der Waals surface area (Å²) in [7, 11) is 0. The molecule has 5 heteroatoms. The lowest BCUT2D eigenvalue weighted by atomic mass is 10.0. The van der Waals surface area contributed by atoms with E-state index in [4.69, 9.17) is 0 Å². The van der Waals surface area contributed by atoms with Crippen molar-refractivity contribution >= 4 is 23.5 Å². The highest BCUT2D eigenvalue weighted by Gasteiger charge is 2.28. The Morgan fingerprint density at radius 3 is 3.05 bits per heavy atom. The van der Waals surface area contributed by atoms with Gasteiger partial charge in [-0.15, -0.1) is 11.8 Å². The number of aliphatic hydroxyl groups is 1. The van der Waals surface area contributed by atoms with E-state index in [-0.39, 0.29) is 18.1 Å². The Hall–Kier alpha value is -1.20. The Balaban J connectivity index is 1.93. The fraction of sp³-hybridized carbons (Fsp3) is 0.533. The van der Waals surface area contributed by atoms with Gasteiger partial charge in [0.05, 0.1) is 6.10 Å². The summed E-state index contributed by atoms with van der Waals surface area (Å²) in [5.41, 5.74) is 0.828. The zero-order chi connectivity index (χ0) is 14.5. The fourth-order valence-corrected chi connectivity index (χ4v) is 3.12. The number of aliphatic hydroxyl groups excluding tert-OH is 1. The van der Waals surface area contributed by atoms with Crippen LogP contribution in [0.15, 0.2) is 29.2 Å². The summed E-state index contributed by atoms with van der Waals surface area (Å²) in [5, 5.41) is 12.5. The molecule has 2 N–H and O–H groups in total. The van der Waals surface area contributed by atoms with Crippen molar-refractivity contribution in [3.8, 4) is 0 Å². The minimum Gasteiger partial charge on any atom is -0.393 e. The topological polar surface area (TPSA) is 52.6 Å². The molecular weight excluding hydrogens is 272 g/mol. The van der Waals surface area contributed by atoms with Gasteiger partial charge in [0.1, 0.15) is 0 Å². The first-order valence-corrected chi connectivity index (χ1v) is 8.05. The molecule has 2 rings (SSSR count). The Labute approximate surface area is 124 Å². The molecule has 0 bridgehead atoms. The number of benzene rings is 1. The van der Waals surface area contributed by atoms with E-state index in [9.17, 15) is 9.90 Å². The fourth-order valence-electron chi connectivity index (χ4n) is 2.40. The third-order valence-corrected chi connectivity index (χ3v) is 4.47. The van der Waals surface area contributed by atoms with E-state index in [1.807, 2.05) is 24.3 Å². The molecule has 1 fully saturated rings. The predicted molar refractivity (Wildman–Crippen MR) is 83.2 cm³/mol. The van der Waals surface area contributed by atoms with Gasteiger partial charge in [0, 0.05) is 29.6 Å². The number of nitrogens with zero attached hydrogens (tertiary/aromatic N) is 1. The largest absolute Gasteiger partial charge is 0.393 e. The van der Waals surface area contributed by atoms with Crippen molar-refractivity contribution in [2.75, 3.05) is 24.2 Å². The van der Waals surface area contributed by atoms with Crippen molar-refractivity contribution in [3.63, 3.8) is 0 Å². The van der Waals surface area contributed by atoms with Crippen LogP contribution in [0.2, 0.25) is 0 Å². The number of amides is 2. The van der Waals surface area contributed by atoms with E-state index in [2.05, 4.69) is 12.2 Å².